The maximum absolute atomic E-state index is 11.1. The number of rotatable bonds is 5. The van der Waals surface area contributed by atoms with Crippen LogP contribution in [0.4, 0.5) is 0 Å². The summed E-state index contributed by atoms with van der Waals surface area (Å²) in [7, 11) is 1.63. The number of carbonyl (C=O) groups is 1. The first-order valence-electron chi connectivity index (χ1n) is 5.26. The van der Waals surface area contributed by atoms with Gasteiger partial charge in [0.15, 0.2) is 0 Å². The summed E-state index contributed by atoms with van der Waals surface area (Å²) in [6.07, 6.45) is 3.66. The Labute approximate surface area is 101 Å². The van der Waals surface area contributed by atoms with E-state index in [9.17, 15) is 4.79 Å². The molecule has 3 nitrogen and oxygen atoms in total. The van der Waals surface area contributed by atoms with Crippen molar-refractivity contribution in [1.29, 1.82) is 0 Å². The van der Waals surface area contributed by atoms with Crippen molar-refractivity contribution in [2.24, 2.45) is 0 Å². The first kappa shape index (κ1) is 13.0. The number of esters is 1. The van der Waals surface area contributed by atoms with Gasteiger partial charge in [-0.1, -0.05) is 24.8 Å². The summed E-state index contributed by atoms with van der Waals surface area (Å²) in [6, 6.07) is 7.60. The highest BCUT2D eigenvalue weighted by Crippen LogP contribution is 2.12. The zero-order chi connectivity index (χ0) is 12.7. The van der Waals surface area contributed by atoms with E-state index in [1.807, 2.05) is 30.3 Å². The minimum absolute atomic E-state index is 0.248. The fourth-order valence-corrected chi connectivity index (χ4v) is 1.15. The molecule has 0 aliphatic rings. The van der Waals surface area contributed by atoms with E-state index in [1.54, 1.807) is 20.1 Å². The average molecular weight is 232 g/mol. The standard InChI is InChI=1S/C14H16O3/c1-11(2)14(15)17-10-4-5-12-6-8-13(16-3)9-7-12/h4-9H,1,10H2,2-3H3/b5-4+. The molecule has 3 heteroatoms. The van der Waals surface area contributed by atoms with Gasteiger partial charge in [0, 0.05) is 5.57 Å². The summed E-state index contributed by atoms with van der Waals surface area (Å²) < 4.78 is 9.97. The second-order valence-electron chi connectivity index (χ2n) is 3.55. The third kappa shape index (κ3) is 4.55. The van der Waals surface area contributed by atoms with Crippen molar-refractivity contribution >= 4 is 12.0 Å². The van der Waals surface area contributed by atoms with Gasteiger partial charge in [-0.2, -0.15) is 0 Å². The normalized spacial score (nSPS) is 10.2. The van der Waals surface area contributed by atoms with E-state index in [2.05, 4.69) is 6.58 Å². The third-order valence-corrected chi connectivity index (χ3v) is 2.09. The predicted octanol–water partition coefficient (Wildman–Crippen LogP) is 2.83. The van der Waals surface area contributed by atoms with Gasteiger partial charge in [-0.3, -0.25) is 0 Å². The first-order valence-corrected chi connectivity index (χ1v) is 5.26. The summed E-state index contributed by atoms with van der Waals surface area (Å²) in [5.41, 5.74) is 1.43. The Hall–Kier alpha value is -2.03. The molecule has 90 valence electrons. The molecule has 0 radical (unpaired) electrons. The Kier molecular flexibility index (Phi) is 5.01. The molecule has 0 spiro atoms. The molecule has 0 saturated carbocycles. The fraction of sp³-hybridized carbons (Fsp3) is 0.214. The summed E-state index contributed by atoms with van der Waals surface area (Å²) >= 11 is 0. The SMILES string of the molecule is C=C(C)C(=O)OC/C=C/c1ccc(OC)cc1. The lowest BCUT2D eigenvalue weighted by Gasteiger charge is -2.00. The number of benzene rings is 1. The van der Waals surface area contributed by atoms with Gasteiger partial charge >= 0.3 is 5.97 Å². The highest BCUT2D eigenvalue weighted by Gasteiger charge is 1.99. The number of hydrogen-bond donors (Lipinski definition) is 0. The van der Waals surface area contributed by atoms with Crippen molar-refractivity contribution in [2.75, 3.05) is 13.7 Å². The zero-order valence-electron chi connectivity index (χ0n) is 10.1. The van der Waals surface area contributed by atoms with Crippen LogP contribution in [0, 0.1) is 0 Å². The molecule has 0 bridgehead atoms. The lowest BCUT2D eigenvalue weighted by atomic mass is 10.2. The van der Waals surface area contributed by atoms with Crippen LogP contribution in [0.25, 0.3) is 6.08 Å². The summed E-state index contributed by atoms with van der Waals surface area (Å²) in [5.74, 6) is 0.445. The van der Waals surface area contributed by atoms with Crippen LogP contribution >= 0.6 is 0 Å². The van der Waals surface area contributed by atoms with Gasteiger partial charge < -0.3 is 9.47 Å². The van der Waals surface area contributed by atoms with Gasteiger partial charge in [0.1, 0.15) is 12.4 Å². The molecule has 17 heavy (non-hydrogen) atoms. The van der Waals surface area contributed by atoms with Crippen molar-refractivity contribution in [3.8, 4) is 5.75 Å². The monoisotopic (exact) mass is 232 g/mol. The minimum Gasteiger partial charge on any atom is -0.497 e. The van der Waals surface area contributed by atoms with Crippen LogP contribution in [0.1, 0.15) is 12.5 Å². The molecule has 0 unspecified atom stereocenters. The van der Waals surface area contributed by atoms with Gasteiger partial charge in [-0.25, -0.2) is 4.79 Å². The van der Waals surface area contributed by atoms with E-state index >= 15 is 0 Å². The fourth-order valence-electron chi connectivity index (χ4n) is 1.15. The van der Waals surface area contributed by atoms with Crippen LogP contribution in [-0.4, -0.2) is 19.7 Å². The zero-order valence-corrected chi connectivity index (χ0v) is 10.1. The molecule has 0 fully saturated rings. The number of carbonyl (C=O) groups excluding carboxylic acids is 1. The molecule has 0 heterocycles. The maximum atomic E-state index is 11.1. The molecule has 0 amide bonds. The van der Waals surface area contributed by atoms with Gasteiger partial charge in [0.25, 0.3) is 0 Å². The van der Waals surface area contributed by atoms with Crippen molar-refractivity contribution in [3.63, 3.8) is 0 Å². The Balaban J connectivity index is 2.42. The van der Waals surface area contributed by atoms with Crippen molar-refractivity contribution in [2.45, 2.75) is 6.92 Å². The second kappa shape index (κ2) is 6.53. The minimum atomic E-state index is -0.371. The number of methoxy groups -OCH3 is 1. The maximum Gasteiger partial charge on any atom is 0.333 e. The third-order valence-electron chi connectivity index (χ3n) is 2.09. The van der Waals surface area contributed by atoms with E-state index in [4.69, 9.17) is 9.47 Å². The number of ether oxygens (including phenoxy) is 2. The Morgan fingerprint density at radius 2 is 2.00 bits per heavy atom. The van der Waals surface area contributed by atoms with Crippen LogP contribution in [0.3, 0.4) is 0 Å². The number of hydrogen-bond acceptors (Lipinski definition) is 3. The van der Waals surface area contributed by atoms with E-state index in [0.29, 0.717) is 5.57 Å². The molecule has 1 aromatic carbocycles. The predicted molar refractivity (Wildman–Crippen MR) is 67.8 cm³/mol. The molecular formula is C14H16O3. The smallest absolute Gasteiger partial charge is 0.333 e. The lowest BCUT2D eigenvalue weighted by molar-refractivity contribution is -0.137. The highest BCUT2D eigenvalue weighted by atomic mass is 16.5. The Bertz CT molecular complexity index is 416. The molecule has 0 aromatic heterocycles. The largest absolute Gasteiger partial charge is 0.497 e. The van der Waals surface area contributed by atoms with Crippen LogP contribution < -0.4 is 4.74 Å². The summed E-state index contributed by atoms with van der Waals surface area (Å²) in [4.78, 5) is 11.1. The molecular weight excluding hydrogens is 216 g/mol. The van der Waals surface area contributed by atoms with Crippen LogP contribution in [-0.2, 0) is 9.53 Å². The summed E-state index contributed by atoms with van der Waals surface area (Å²) in [6.45, 7) is 5.37. The van der Waals surface area contributed by atoms with Gasteiger partial charge in [-0.15, -0.1) is 0 Å². The highest BCUT2D eigenvalue weighted by molar-refractivity contribution is 5.87. The lowest BCUT2D eigenvalue weighted by Crippen LogP contribution is -2.04. The second-order valence-corrected chi connectivity index (χ2v) is 3.55. The molecule has 0 aliphatic heterocycles. The van der Waals surface area contributed by atoms with E-state index in [-0.39, 0.29) is 12.6 Å². The van der Waals surface area contributed by atoms with Crippen LogP contribution in [0.15, 0.2) is 42.5 Å². The summed E-state index contributed by atoms with van der Waals surface area (Å²) in [5, 5.41) is 0. The topological polar surface area (TPSA) is 35.5 Å². The van der Waals surface area contributed by atoms with E-state index in [0.717, 1.165) is 11.3 Å². The Morgan fingerprint density at radius 1 is 1.35 bits per heavy atom. The Morgan fingerprint density at radius 3 is 2.53 bits per heavy atom. The quantitative estimate of drug-likeness (QED) is 0.578. The van der Waals surface area contributed by atoms with Crippen molar-refractivity contribution in [3.05, 3.63) is 48.1 Å². The van der Waals surface area contributed by atoms with Crippen LogP contribution in [0.2, 0.25) is 0 Å². The molecule has 0 saturated heterocycles. The molecule has 1 rings (SSSR count). The van der Waals surface area contributed by atoms with Crippen LogP contribution in [0.5, 0.6) is 5.75 Å². The van der Waals surface area contributed by atoms with Crippen molar-refractivity contribution < 1.29 is 14.3 Å². The molecule has 0 aliphatic carbocycles. The molecule has 0 N–H and O–H groups in total. The van der Waals surface area contributed by atoms with Gasteiger partial charge in [0.05, 0.1) is 7.11 Å². The van der Waals surface area contributed by atoms with Gasteiger partial charge in [0.2, 0.25) is 0 Å². The van der Waals surface area contributed by atoms with Gasteiger partial charge in [-0.05, 0) is 30.7 Å². The van der Waals surface area contributed by atoms with E-state index < -0.39 is 0 Å². The van der Waals surface area contributed by atoms with Crippen molar-refractivity contribution in [1.82, 2.24) is 0 Å². The van der Waals surface area contributed by atoms with E-state index in [1.165, 1.54) is 0 Å². The first-order chi connectivity index (χ1) is 8.13. The average Bonchev–Trinajstić information content (AvgIpc) is 2.35. The molecule has 0 atom stereocenters. The molecule has 1 aromatic rings.